The third kappa shape index (κ3) is 10.7. The molecule has 0 unspecified atom stereocenters. The van der Waals surface area contributed by atoms with Crippen molar-refractivity contribution in [1.82, 2.24) is 0 Å². The average molecular weight is 354 g/mol. The molecule has 0 spiro atoms. The van der Waals surface area contributed by atoms with Crippen LogP contribution in [0, 0.1) is 0 Å². The van der Waals surface area contributed by atoms with Crippen LogP contribution in [-0.2, 0) is 6.42 Å². The molecule has 1 aromatic carbocycles. The Bertz CT molecular complexity index is 345. The summed E-state index contributed by atoms with van der Waals surface area (Å²) < 4.78 is 0. The number of nitrogens with two attached hydrogens (primary N) is 1. The van der Waals surface area contributed by atoms with Gasteiger partial charge in [0.25, 0.3) is 0 Å². The lowest BCUT2D eigenvalue weighted by Crippen LogP contribution is -3.00. The zero-order valence-electron chi connectivity index (χ0n) is 13.6. The molecule has 1 rings (SSSR count). The number of unbranched alkanes of at least 4 members (excludes halogenated alkanes) is 9. The Kier molecular flexibility index (Phi) is 13.9. The first kappa shape index (κ1) is 20.4. The minimum atomic E-state index is 0. The SMILES string of the molecule is CCCCCCCCCCCCc1ccc(C=[NH2+])cc1.[Br-]. The van der Waals surface area contributed by atoms with E-state index in [0.717, 1.165) is 5.56 Å². The highest BCUT2D eigenvalue weighted by molar-refractivity contribution is 5.74. The lowest BCUT2D eigenvalue weighted by molar-refractivity contribution is -0.104. The average Bonchev–Trinajstić information content (AvgIpc) is 2.50. The summed E-state index contributed by atoms with van der Waals surface area (Å²) in [7, 11) is 0. The summed E-state index contributed by atoms with van der Waals surface area (Å²) in [6.45, 7) is 2.28. The van der Waals surface area contributed by atoms with Gasteiger partial charge in [-0.3, -0.25) is 5.41 Å². The lowest BCUT2D eigenvalue weighted by Gasteiger charge is -2.03. The highest BCUT2D eigenvalue weighted by Crippen LogP contribution is 2.12. The normalized spacial score (nSPS) is 10.1. The van der Waals surface area contributed by atoms with Crippen LogP contribution >= 0.6 is 0 Å². The van der Waals surface area contributed by atoms with Crippen molar-refractivity contribution in [2.75, 3.05) is 0 Å². The van der Waals surface area contributed by atoms with Crippen LogP contribution in [0.4, 0.5) is 0 Å². The van der Waals surface area contributed by atoms with Crippen molar-refractivity contribution in [3.63, 3.8) is 0 Å². The van der Waals surface area contributed by atoms with Crippen LogP contribution < -0.4 is 22.4 Å². The molecule has 0 aromatic heterocycles. The van der Waals surface area contributed by atoms with Gasteiger partial charge >= 0.3 is 0 Å². The molecule has 0 amide bonds. The zero-order chi connectivity index (χ0) is 14.5. The van der Waals surface area contributed by atoms with Crippen LogP contribution in [0.3, 0.4) is 0 Å². The Morgan fingerprint density at radius 2 is 1.24 bits per heavy atom. The number of benzene rings is 1. The molecular formula is C19H32BrN. The van der Waals surface area contributed by atoms with Crippen molar-refractivity contribution in [1.29, 1.82) is 0 Å². The van der Waals surface area contributed by atoms with E-state index in [2.05, 4.69) is 31.2 Å². The van der Waals surface area contributed by atoms with Gasteiger partial charge in [-0.25, -0.2) is 0 Å². The molecule has 0 aliphatic carbocycles. The first-order chi connectivity index (χ1) is 9.86. The molecular weight excluding hydrogens is 322 g/mol. The smallest absolute Gasteiger partial charge is 0.167 e. The van der Waals surface area contributed by atoms with E-state index >= 15 is 0 Å². The van der Waals surface area contributed by atoms with Gasteiger partial charge in [0.1, 0.15) is 0 Å². The molecule has 1 nitrogen and oxygen atoms in total. The molecule has 1 aromatic rings. The molecule has 0 saturated heterocycles. The summed E-state index contributed by atoms with van der Waals surface area (Å²) in [6.07, 6.45) is 16.9. The fraction of sp³-hybridized carbons (Fsp3) is 0.632. The Morgan fingerprint density at radius 1 is 0.762 bits per heavy atom. The fourth-order valence-electron chi connectivity index (χ4n) is 2.61. The van der Waals surface area contributed by atoms with Crippen molar-refractivity contribution in [3.8, 4) is 0 Å². The molecule has 0 radical (unpaired) electrons. The molecule has 120 valence electrons. The van der Waals surface area contributed by atoms with Crippen molar-refractivity contribution in [2.24, 2.45) is 0 Å². The number of halogens is 1. The first-order valence-corrected chi connectivity index (χ1v) is 8.50. The van der Waals surface area contributed by atoms with Gasteiger partial charge in [0, 0.05) is 5.56 Å². The lowest BCUT2D eigenvalue weighted by atomic mass is 10.0. The molecule has 2 heteroatoms. The Balaban J connectivity index is 0.00000400. The van der Waals surface area contributed by atoms with Crippen molar-refractivity contribution in [2.45, 2.75) is 77.6 Å². The monoisotopic (exact) mass is 353 g/mol. The highest BCUT2D eigenvalue weighted by Gasteiger charge is 1.96. The number of hydrogen-bond donors (Lipinski definition) is 1. The fourth-order valence-corrected chi connectivity index (χ4v) is 2.61. The molecule has 0 bridgehead atoms. The van der Waals surface area contributed by atoms with Crippen LogP contribution in [0.1, 0.15) is 82.3 Å². The summed E-state index contributed by atoms with van der Waals surface area (Å²) >= 11 is 0. The second kappa shape index (κ2) is 14.3. The molecule has 0 atom stereocenters. The van der Waals surface area contributed by atoms with E-state index in [0.29, 0.717) is 0 Å². The third-order valence-electron chi connectivity index (χ3n) is 3.99. The van der Waals surface area contributed by atoms with Gasteiger partial charge in [-0.05, 0) is 30.5 Å². The maximum atomic E-state index is 5.48. The van der Waals surface area contributed by atoms with Gasteiger partial charge < -0.3 is 17.0 Å². The van der Waals surface area contributed by atoms with E-state index in [-0.39, 0.29) is 17.0 Å². The summed E-state index contributed by atoms with van der Waals surface area (Å²) in [5.41, 5.74) is 2.55. The van der Waals surface area contributed by atoms with E-state index in [1.54, 1.807) is 6.21 Å². The van der Waals surface area contributed by atoms with E-state index in [1.807, 2.05) is 0 Å². The van der Waals surface area contributed by atoms with Crippen LogP contribution in [0.5, 0.6) is 0 Å². The minimum Gasteiger partial charge on any atom is -1.00 e. The Morgan fingerprint density at radius 3 is 1.71 bits per heavy atom. The van der Waals surface area contributed by atoms with E-state index in [4.69, 9.17) is 5.41 Å². The first-order valence-electron chi connectivity index (χ1n) is 8.50. The van der Waals surface area contributed by atoms with Gasteiger partial charge in [-0.15, -0.1) is 0 Å². The molecule has 0 heterocycles. The van der Waals surface area contributed by atoms with Gasteiger partial charge in [-0.1, -0.05) is 76.8 Å². The van der Waals surface area contributed by atoms with Crippen molar-refractivity contribution >= 4 is 6.21 Å². The number of hydrogen-bond acceptors (Lipinski definition) is 0. The highest BCUT2D eigenvalue weighted by atomic mass is 79.9. The number of aryl methyl sites for hydroxylation is 1. The largest absolute Gasteiger partial charge is 1.00 e. The zero-order valence-corrected chi connectivity index (χ0v) is 15.2. The summed E-state index contributed by atoms with van der Waals surface area (Å²) in [5.74, 6) is 0. The minimum absolute atomic E-state index is 0. The number of rotatable bonds is 12. The molecule has 2 N–H and O–H groups in total. The van der Waals surface area contributed by atoms with Gasteiger partial charge in [0.05, 0.1) is 0 Å². The second-order valence-electron chi connectivity index (χ2n) is 5.84. The molecule has 0 fully saturated rings. The maximum absolute atomic E-state index is 5.48. The molecule has 0 saturated carbocycles. The topological polar surface area (TPSA) is 25.6 Å². The quantitative estimate of drug-likeness (QED) is 0.433. The van der Waals surface area contributed by atoms with Gasteiger partial charge in [0.2, 0.25) is 0 Å². The summed E-state index contributed by atoms with van der Waals surface area (Å²) in [5, 5.41) is 5.48. The molecule has 0 aliphatic rings. The predicted molar refractivity (Wildman–Crippen MR) is 89.1 cm³/mol. The third-order valence-corrected chi connectivity index (χ3v) is 3.99. The Hall–Kier alpha value is -0.630. The van der Waals surface area contributed by atoms with Crippen LogP contribution in [0.25, 0.3) is 0 Å². The standard InChI is InChI=1S/C19H31N.BrH/c1-2-3-4-5-6-7-8-9-10-11-12-18-13-15-19(17-20)16-14-18;/h13-17,20H,2-12H2,1H3;1H. The van der Waals surface area contributed by atoms with E-state index < -0.39 is 0 Å². The predicted octanol–water partition coefficient (Wildman–Crippen LogP) is 1.33. The van der Waals surface area contributed by atoms with E-state index in [1.165, 1.54) is 76.2 Å². The van der Waals surface area contributed by atoms with Crippen LogP contribution in [0.2, 0.25) is 0 Å². The van der Waals surface area contributed by atoms with Crippen molar-refractivity contribution in [3.05, 3.63) is 35.4 Å². The van der Waals surface area contributed by atoms with Crippen LogP contribution in [0.15, 0.2) is 24.3 Å². The second-order valence-corrected chi connectivity index (χ2v) is 5.84. The molecule has 0 aliphatic heterocycles. The van der Waals surface area contributed by atoms with E-state index in [9.17, 15) is 0 Å². The van der Waals surface area contributed by atoms with Gasteiger partial charge in [0.15, 0.2) is 6.21 Å². The van der Waals surface area contributed by atoms with Gasteiger partial charge in [-0.2, -0.15) is 0 Å². The molecule has 21 heavy (non-hydrogen) atoms. The summed E-state index contributed by atoms with van der Waals surface area (Å²) in [6, 6.07) is 8.61. The van der Waals surface area contributed by atoms with Crippen LogP contribution in [-0.4, -0.2) is 6.21 Å². The Labute approximate surface area is 141 Å². The maximum Gasteiger partial charge on any atom is 0.167 e. The van der Waals surface area contributed by atoms with Crippen molar-refractivity contribution < 1.29 is 22.4 Å². The summed E-state index contributed by atoms with van der Waals surface area (Å²) in [4.78, 5) is 0.